The summed E-state index contributed by atoms with van der Waals surface area (Å²) in [5.41, 5.74) is 5.75. The fourth-order valence-electron chi connectivity index (χ4n) is 3.48. The first kappa shape index (κ1) is 22.9. The van der Waals surface area contributed by atoms with Crippen molar-refractivity contribution in [3.05, 3.63) is 82.4 Å². The van der Waals surface area contributed by atoms with E-state index in [4.69, 9.17) is 4.74 Å². The molecule has 0 unspecified atom stereocenters. The van der Waals surface area contributed by atoms with Crippen LogP contribution in [0.2, 0.25) is 0 Å². The van der Waals surface area contributed by atoms with Crippen molar-refractivity contribution in [2.24, 2.45) is 0 Å². The fraction of sp³-hybridized carbons (Fsp3) is 0.231. The molecule has 0 bridgehead atoms. The van der Waals surface area contributed by atoms with Crippen molar-refractivity contribution >= 4 is 23.3 Å². The highest BCUT2D eigenvalue weighted by atomic mass is 16.5. The van der Waals surface area contributed by atoms with Gasteiger partial charge in [-0.05, 0) is 86.3 Å². The van der Waals surface area contributed by atoms with Gasteiger partial charge < -0.3 is 15.0 Å². The predicted octanol–water partition coefficient (Wildman–Crippen LogP) is 5.74. The van der Waals surface area contributed by atoms with Gasteiger partial charge in [-0.15, -0.1) is 0 Å². The summed E-state index contributed by atoms with van der Waals surface area (Å²) in [4.78, 5) is 26.8. The molecule has 0 aromatic heterocycles. The Kier molecular flexibility index (Phi) is 6.83. The molecular weight excluding hydrogens is 402 g/mol. The highest BCUT2D eigenvalue weighted by molar-refractivity contribution is 6.08. The number of hydrogen-bond donors (Lipinski definition) is 2. The van der Waals surface area contributed by atoms with Crippen LogP contribution in [0.5, 0.6) is 11.5 Å². The number of carbonyl (C=O) groups is 2. The van der Waals surface area contributed by atoms with Crippen molar-refractivity contribution < 1.29 is 14.3 Å². The Morgan fingerprint density at radius 2 is 1.47 bits per heavy atom. The summed E-state index contributed by atoms with van der Waals surface area (Å²) in [7, 11) is 4.00. The van der Waals surface area contributed by atoms with Crippen LogP contribution in [0.25, 0.3) is 0 Å². The van der Waals surface area contributed by atoms with Crippen LogP contribution in [0, 0.1) is 27.7 Å². The molecule has 0 atom stereocenters. The summed E-state index contributed by atoms with van der Waals surface area (Å²) in [6, 6.07) is 16.2. The number of aryl methyl sites for hydroxylation is 4. The van der Waals surface area contributed by atoms with Crippen LogP contribution < -0.4 is 20.3 Å². The van der Waals surface area contributed by atoms with Gasteiger partial charge in [-0.3, -0.25) is 10.1 Å². The number of nitrogens with one attached hydrogen (secondary N) is 2. The second-order valence-electron chi connectivity index (χ2n) is 8.11. The molecule has 0 aliphatic rings. The fourth-order valence-corrected chi connectivity index (χ4v) is 3.48. The van der Waals surface area contributed by atoms with Crippen molar-refractivity contribution in [2.45, 2.75) is 27.7 Å². The van der Waals surface area contributed by atoms with Crippen LogP contribution in [-0.4, -0.2) is 26.0 Å². The molecular formula is C26H29N3O3. The number of ether oxygens (including phenoxy) is 1. The standard InChI is InChI=1S/C26H29N3O3/c1-16-9-7-8-10-22(16)25(30)28-26(31)27-20-13-18(3)24(19(4)14-20)32-23-12-11-21(29(5)6)15-17(23)2/h7-15H,1-6H3,(H2,27,28,30,31). The second-order valence-corrected chi connectivity index (χ2v) is 8.11. The van der Waals surface area contributed by atoms with Crippen LogP contribution >= 0.6 is 0 Å². The first-order valence-electron chi connectivity index (χ1n) is 10.4. The normalized spacial score (nSPS) is 10.4. The zero-order chi connectivity index (χ0) is 23.4. The highest BCUT2D eigenvalue weighted by Crippen LogP contribution is 2.34. The number of amides is 3. The van der Waals surface area contributed by atoms with Crippen LogP contribution in [-0.2, 0) is 0 Å². The Bertz CT molecular complexity index is 1150. The van der Waals surface area contributed by atoms with Gasteiger partial charge in [0.05, 0.1) is 0 Å². The lowest BCUT2D eigenvalue weighted by molar-refractivity contribution is 0.0966. The maximum atomic E-state index is 12.4. The zero-order valence-electron chi connectivity index (χ0n) is 19.4. The van der Waals surface area contributed by atoms with Gasteiger partial charge in [0.15, 0.2) is 0 Å². The average Bonchev–Trinajstić information content (AvgIpc) is 2.71. The van der Waals surface area contributed by atoms with Gasteiger partial charge >= 0.3 is 6.03 Å². The topological polar surface area (TPSA) is 70.7 Å². The maximum Gasteiger partial charge on any atom is 0.326 e. The van der Waals surface area contributed by atoms with E-state index in [1.807, 2.05) is 83.1 Å². The number of anilines is 2. The molecule has 3 aromatic carbocycles. The first-order chi connectivity index (χ1) is 15.2. The molecule has 0 radical (unpaired) electrons. The van der Waals surface area contributed by atoms with E-state index in [0.717, 1.165) is 39.4 Å². The van der Waals surface area contributed by atoms with Gasteiger partial charge in [-0.1, -0.05) is 18.2 Å². The lowest BCUT2D eigenvalue weighted by Gasteiger charge is -2.18. The third kappa shape index (κ3) is 5.27. The summed E-state index contributed by atoms with van der Waals surface area (Å²) in [5.74, 6) is 1.09. The predicted molar refractivity (Wildman–Crippen MR) is 129 cm³/mol. The van der Waals surface area contributed by atoms with Gasteiger partial charge in [-0.2, -0.15) is 0 Å². The van der Waals surface area contributed by atoms with Crippen LogP contribution in [0.15, 0.2) is 54.6 Å². The van der Waals surface area contributed by atoms with E-state index in [-0.39, 0.29) is 0 Å². The van der Waals surface area contributed by atoms with Crippen LogP contribution in [0.4, 0.5) is 16.2 Å². The lowest BCUT2D eigenvalue weighted by atomic mass is 10.1. The molecule has 0 aliphatic heterocycles. The van der Waals surface area contributed by atoms with Gasteiger partial charge in [0.25, 0.3) is 5.91 Å². The van der Waals surface area contributed by atoms with E-state index in [2.05, 4.69) is 16.7 Å². The molecule has 3 rings (SSSR count). The molecule has 0 saturated carbocycles. The molecule has 6 nitrogen and oxygen atoms in total. The SMILES string of the molecule is Cc1cc(N(C)C)ccc1Oc1c(C)cc(NC(=O)NC(=O)c2ccccc2C)cc1C. The molecule has 32 heavy (non-hydrogen) atoms. The maximum absolute atomic E-state index is 12.4. The summed E-state index contributed by atoms with van der Waals surface area (Å²) >= 11 is 0. The number of hydrogen-bond acceptors (Lipinski definition) is 4. The molecule has 3 amide bonds. The van der Waals surface area contributed by atoms with Crippen molar-refractivity contribution in [3.63, 3.8) is 0 Å². The number of imide groups is 1. The monoisotopic (exact) mass is 431 g/mol. The lowest BCUT2D eigenvalue weighted by Crippen LogP contribution is -2.34. The van der Waals surface area contributed by atoms with E-state index >= 15 is 0 Å². The minimum atomic E-state index is -0.583. The van der Waals surface area contributed by atoms with Crippen molar-refractivity contribution in [3.8, 4) is 11.5 Å². The summed E-state index contributed by atoms with van der Waals surface area (Å²) in [5, 5.41) is 5.11. The van der Waals surface area contributed by atoms with Crippen molar-refractivity contribution in [1.82, 2.24) is 5.32 Å². The highest BCUT2D eigenvalue weighted by Gasteiger charge is 2.14. The van der Waals surface area contributed by atoms with E-state index in [9.17, 15) is 9.59 Å². The average molecular weight is 432 g/mol. The Morgan fingerprint density at radius 3 is 2.06 bits per heavy atom. The molecule has 166 valence electrons. The molecule has 0 heterocycles. The van der Waals surface area contributed by atoms with E-state index in [1.165, 1.54) is 0 Å². The second kappa shape index (κ2) is 9.56. The van der Waals surface area contributed by atoms with Crippen molar-refractivity contribution in [1.29, 1.82) is 0 Å². The Labute approximate surface area is 189 Å². The van der Waals surface area contributed by atoms with Crippen molar-refractivity contribution in [2.75, 3.05) is 24.3 Å². The minimum absolute atomic E-state index is 0.439. The quantitative estimate of drug-likeness (QED) is 0.540. The molecule has 0 saturated heterocycles. The van der Waals surface area contributed by atoms with E-state index < -0.39 is 11.9 Å². The van der Waals surface area contributed by atoms with Gasteiger partial charge in [0.1, 0.15) is 11.5 Å². The molecule has 6 heteroatoms. The molecule has 0 aliphatic carbocycles. The molecule has 0 spiro atoms. The largest absolute Gasteiger partial charge is 0.457 e. The van der Waals surface area contributed by atoms with Gasteiger partial charge in [-0.25, -0.2) is 4.79 Å². The van der Waals surface area contributed by atoms with Gasteiger partial charge in [0, 0.05) is 31.0 Å². The van der Waals surface area contributed by atoms with Crippen LogP contribution in [0.3, 0.4) is 0 Å². The number of rotatable bonds is 5. The number of carbonyl (C=O) groups excluding carboxylic acids is 2. The zero-order valence-corrected chi connectivity index (χ0v) is 19.4. The Balaban J connectivity index is 1.72. The third-order valence-corrected chi connectivity index (χ3v) is 5.22. The van der Waals surface area contributed by atoms with E-state index in [0.29, 0.717) is 11.3 Å². The van der Waals surface area contributed by atoms with Gasteiger partial charge in [0.2, 0.25) is 0 Å². The Hall–Kier alpha value is -3.80. The molecule has 0 fully saturated rings. The summed E-state index contributed by atoms with van der Waals surface area (Å²) in [6.45, 7) is 7.69. The molecule has 3 aromatic rings. The van der Waals surface area contributed by atoms with Crippen LogP contribution in [0.1, 0.15) is 32.6 Å². The Morgan fingerprint density at radius 1 is 0.812 bits per heavy atom. The smallest absolute Gasteiger partial charge is 0.326 e. The number of nitrogens with zero attached hydrogens (tertiary/aromatic N) is 1. The molecule has 2 N–H and O–H groups in total. The summed E-state index contributed by atoms with van der Waals surface area (Å²) < 4.78 is 6.20. The third-order valence-electron chi connectivity index (χ3n) is 5.22. The first-order valence-corrected chi connectivity index (χ1v) is 10.4. The minimum Gasteiger partial charge on any atom is -0.457 e. The number of benzene rings is 3. The van der Waals surface area contributed by atoms with E-state index in [1.54, 1.807) is 12.1 Å². The summed E-state index contributed by atoms with van der Waals surface area (Å²) in [6.07, 6.45) is 0. The number of urea groups is 1.